The summed E-state index contributed by atoms with van der Waals surface area (Å²) in [5.41, 5.74) is 0. The van der Waals surface area contributed by atoms with Gasteiger partial charge in [-0.1, -0.05) is 32.1 Å². The Balaban J connectivity index is -0.0000000958. The third kappa shape index (κ3) is 29.3. The summed E-state index contributed by atoms with van der Waals surface area (Å²) in [5, 5.41) is 0. The molecular formula is C11H25FeO7P2+. The van der Waals surface area contributed by atoms with Crippen molar-refractivity contribution >= 4 is 16.9 Å². The third-order valence-corrected chi connectivity index (χ3v) is 3.49. The Labute approximate surface area is 140 Å². The molecule has 21 heavy (non-hydrogen) atoms. The number of hydrogen-bond acceptors (Lipinski definition) is 6. The van der Waals surface area contributed by atoms with Crippen LogP contribution >= 0.6 is 16.9 Å². The molecule has 0 bridgehead atoms. The molecule has 0 aromatic carbocycles. The van der Waals surface area contributed by atoms with Gasteiger partial charge in [-0.3, -0.25) is 0 Å². The Hall–Kier alpha value is 0.589. The number of hydrogen-bond donors (Lipinski definition) is 0. The summed E-state index contributed by atoms with van der Waals surface area (Å²) in [6, 6.07) is 0. The van der Waals surface area contributed by atoms with E-state index in [2.05, 4.69) is 29.3 Å². The van der Waals surface area contributed by atoms with Crippen molar-refractivity contribution < 1.29 is 48.9 Å². The number of rotatable bonds is 5. The van der Waals surface area contributed by atoms with Crippen molar-refractivity contribution in [1.29, 1.82) is 0 Å². The van der Waals surface area contributed by atoms with Crippen molar-refractivity contribution in [3.05, 3.63) is 6.65 Å². The van der Waals surface area contributed by atoms with Gasteiger partial charge in [-0.15, -0.1) is 9.05 Å². The summed E-state index contributed by atoms with van der Waals surface area (Å²) >= 11 is 0. The molecule has 0 aliphatic heterocycles. The topological polar surface area (TPSA) is 83.1 Å². The maximum atomic E-state index is 9.88. The van der Waals surface area contributed by atoms with E-state index in [1.165, 1.54) is 46.3 Å². The smallest absolute Gasteiger partial charge is 0 e. The molecule has 0 N–H and O–H groups in total. The van der Waals surface area contributed by atoms with Crippen LogP contribution in [0.25, 0.3) is 0 Å². The minimum absolute atomic E-state index is 0. The van der Waals surface area contributed by atoms with Crippen molar-refractivity contribution in [1.82, 2.24) is 0 Å². The predicted octanol–water partition coefficient (Wildman–Crippen LogP) is 4.00. The average Bonchev–Trinajstić information content (AvgIpc) is 3.10. The van der Waals surface area contributed by atoms with Crippen LogP contribution in [0, 0.1) is 6.65 Å². The Bertz CT molecular complexity index is 193. The van der Waals surface area contributed by atoms with Gasteiger partial charge in [0.05, 0.1) is 14.2 Å². The molecule has 0 heterocycles. The minimum atomic E-state index is -1.83. The van der Waals surface area contributed by atoms with E-state index in [1.54, 1.807) is 21.3 Å². The van der Waals surface area contributed by atoms with Crippen molar-refractivity contribution in [3.63, 3.8) is 0 Å². The first-order valence-corrected chi connectivity index (χ1v) is 8.03. The van der Waals surface area contributed by atoms with E-state index >= 15 is 0 Å². The molecule has 10 heteroatoms. The Morgan fingerprint density at radius 1 is 0.810 bits per heavy atom. The fourth-order valence-electron chi connectivity index (χ4n) is 1.18. The average molecular weight is 387 g/mol. The van der Waals surface area contributed by atoms with Gasteiger partial charge in [0.2, 0.25) is 0 Å². The SMILES string of the molecule is C1CCCC1.COP(OC)OC.CO[P+](=O)OC.[C-]#[O+].[Fe]. The molecule has 0 atom stereocenters. The van der Waals surface area contributed by atoms with Gasteiger partial charge >= 0.3 is 28.2 Å². The largest absolute Gasteiger partial charge is 0 e. The second kappa shape index (κ2) is 28.7. The van der Waals surface area contributed by atoms with Crippen LogP contribution in [0.5, 0.6) is 0 Å². The molecule has 0 saturated heterocycles. The molecule has 1 fully saturated rings. The van der Waals surface area contributed by atoms with Crippen LogP contribution in [0.15, 0.2) is 0 Å². The predicted molar refractivity (Wildman–Crippen MR) is 76.6 cm³/mol. The molecule has 0 aromatic heterocycles. The summed E-state index contributed by atoms with van der Waals surface area (Å²) in [7, 11) is 4.38. The fourth-order valence-corrected chi connectivity index (χ4v) is 1.78. The van der Waals surface area contributed by atoms with Gasteiger partial charge in [-0.05, 0) is 0 Å². The molecule has 0 unspecified atom stereocenters. The summed E-state index contributed by atoms with van der Waals surface area (Å²) in [4.78, 5) is 0. The van der Waals surface area contributed by atoms with E-state index in [1.807, 2.05) is 0 Å². The second-order valence-electron chi connectivity index (χ2n) is 3.13. The summed E-state index contributed by atoms with van der Waals surface area (Å²) in [6.45, 7) is 4.50. The summed E-state index contributed by atoms with van der Waals surface area (Å²) in [6.07, 6.45) is 7.50. The van der Waals surface area contributed by atoms with Crippen LogP contribution in [0.2, 0.25) is 0 Å². The van der Waals surface area contributed by atoms with E-state index < -0.39 is 16.9 Å². The zero-order chi connectivity index (χ0) is 16.2. The van der Waals surface area contributed by atoms with Crippen LogP contribution < -0.4 is 0 Å². The molecule has 1 rings (SSSR count). The molecule has 7 nitrogen and oxygen atoms in total. The maximum absolute atomic E-state index is 9.88. The van der Waals surface area contributed by atoms with Gasteiger partial charge in [0.25, 0.3) is 0 Å². The fraction of sp³-hybridized carbons (Fsp3) is 0.909. The molecule has 1 aliphatic carbocycles. The monoisotopic (exact) mass is 387 g/mol. The van der Waals surface area contributed by atoms with Crippen molar-refractivity contribution in [2.75, 3.05) is 35.5 Å². The van der Waals surface area contributed by atoms with Gasteiger partial charge in [0.1, 0.15) is 0 Å². The van der Waals surface area contributed by atoms with Gasteiger partial charge in [0, 0.05) is 43.0 Å². The van der Waals surface area contributed by atoms with Crippen LogP contribution in [0.4, 0.5) is 0 Å². The van der Waals surface area contributed by atoms with Crippen molar-refractivity contribution in [2.24, 2.45) is 0 Å². The standard InChI is InChI=1S/C5H10.C3H9O3P.C2H6O3P.CO.Fe/c1-2-4-5-3-1;1-4-7(5-2)6-3;1-4-6(3)5-2;1-2;/h1-5H2;1-3H3;1-2H3;;/q;;+1;;. The molecule has 0 spiro atoms. The Kier molecular flexibility index (Phi) is 40.4. The quantitative estimate of drug-likeness (QED) is 0.307. The van der Waals surface area contributed by atoms with E-state index in [0.717, 1.165) is 0 Å². The van der Waals surface area contributed by atoms with E-state index in [0.29, 0.717) is 0 Å². The van der Waals surface area contributed by atoms with Crippen LogP contribution in [-0.2, 0) is 48.9 Å². The van der Waals surface area contributed by atoms with Crippen LogP contribution in [0.3, 0.4) is 0 Å². The Morgan fingerprint density at radius 3 is 1.10 bits per heavy atom. The molecular weight excluding hydrogens is 362 g/mol. The molecule has 0 radical (unpaired) electrons. The van der Waals surface area contributed by atoms with Gasteiger partial charge in [-0.2, -0.15) is 0 Å². The van der Waals surface area contributed by atoms with Crippen LogP contribution in [-0.4, -0.2) is 35.5 Å². The molecule has 1 aliphatic rings. The first kappa shape index (κ1) is 29.6. The van der Waals surface area contributed by atoms with E-state index in [4.69, 9.17) is 4.65 Å². The van der Waals surface area contributed by atoms with Crippen molar-refractivity contribution in [3.8, 4) is 0 Å². The molecule has 128 valence electrons. The first-order valence-electron chi connectivity index (χ1n) is 5.84. The normalized spacial score (nSPS) is 11.6. The van der Waals surface area contributed by atoms with Gasteiger partial charge < -0.3 is 13.6 Å². The first-order chi connectivity index (χ1) is 9.65. The maximum Gasteiger partial charge on any atom is 0 e. The molecule has 1 saturated carbocycles. The molecule has 0 aromatic rings. The van der Waals surface area contributed by atoms with Gasteiger partial charge in [-0.25, -0.2) is 0 Å². The van der Waals surface area contributed by atoms with E-state index in [-0.39, 0.29) is 17.1 Å². The minimum Gasteiger partial charge on any atom is 0 e. The van der Waals surface area contributed by atoms with Gasteiger partial charge in [0.15, 0.2) is 0 Å². The summed E-state index contributed by atoms with van der Waals surface area (Å²) < 4.78 is 39.8. The van der Waals surface area contributed by atoms with E-state index in [9.17, 15) is 4.57 Å². The summed E-state index contributed by atoms with van der Waals surface area (Å²) in [5.74, 6) is 0. The van der Waals surface area contributed by atoms with Crippen molar-refractivity contribution in [2.45, 2.75) is 32.1 Å². The zero-order valence-electron chi connectivity index (χ0n) is 13.1. The Morgan fingerprint density at radius 2 is 1.05 bits per heavy atom. The second-order valence-corrected chi connectivity index (χ2v) is 5.85. The molecule has 0 amide bonds. The van der Waals surface area contributed by atoms with Crippen LogP contribution in [0.1, 0.15) is 32.1 Å². The third-order valence-electron chi connectivity index (χ3n) is 2.00. The zero-order valence-corrected chi connectivity index (χ0v) is 16.0.